The molecule has 1 heterocycles. The summed E-state index contributed by atoms with van der Waals surface area (Å²) >= 11 is 5.82. The van der Waals surface area contributed by atoms with Crippen LogP contribution in [-0.4, -0.2) is 58.3 Å². The molecule has 3 rings (SSSR count). The van der Waals surface area contributed by atoms with Crippen molar-refractivity contribution in [3.8, 4) is 5.75 Å². The lowest BCUT2D eigenvalue weighted by Gasteiger charge is -2.35. The normalized spacial score (nSPS) is 15.1. The van der Waals surface area contributed by atoms with Crippen molar-refractivity contribution in [2.45, 2.75) is 43.8 Å². The van der Waals surface area contributed by atoms with E-state index in [1.54, 1.807) is 20.8 Å². The van der Waals surface area contributed by atoms with Crippen LogP contribution in [0, 0.1) is 5.82 Å². The van der Waals surface area contributed by atoms with Crippen LogP contribution in [0.25, 0.3) is 0 Å². The SMILES string of the molecule is COC(=O)CCNC(=O)[C@H]1CN(S(=O)(=O)c2ccc(F)c(Cl)c2)c2cc(NC(=O)OC(C)(C)C)ccc2O1. The van der Waals surface area contributed by atoms with Crippen LogP contribution in [0.3, 0.4) is 0 Å². The Morgan fingerprint density at radius 1 is 1.18 bits per heavy atom. The maximum absolute atomic E-state index is 13.7. The van der Waals surface area contributed by atoms with Gasteiger partial charge in [0, 0.05) is 12.2 Å². The van der Waals surface area contributed by atoms with Crippen LogP contribution in [0.2, 0.25) is 5.02 Å². The number of carbonyl (C=O) groups excluding carboxylic acids is 3. The minimum atomic E-state index is -4.39. The van der Waals surface area contributed by atoms with Gasteiger partial charge in [-0.2, -0.15) is 0 Å². The maximum Gasteiger partial charge on any atom is 0.412 e. The van der Waals surface area contributed by atoms with Crippen LogP contribution < -0.4 is 19.7 Å². The third kappa shape index (κ3) is 7.04. The van der Waals surface area contributed by atoms with Crippen LogP contribution in [0.1, 0.15) is 27.2 Å². The van der Waals surface area contributed by atoms with Gasteiger partial charge in [0.05, 0.1) is 35.7 Å². The standard InChI is InChI=1S/C24H27ClFN3O8S/c1-24(2,3)37-23(32)28-14-5-8-19-18(11-14)29(38(33,34)15-6-7-17(26)16(25)12-15)13-20(36-19)22(31)27-10-9-21(30)35-4/h5-8,11-12,20H,9-10,13H2,1-4H3,(H,27,31)(H,28,32)/t20-/m1/s1. The Hall–Kier alpha value is -3.58. The zero-order chi connectivity index (χ0) is 28.3. The Labute approximate surface area is 224 Å². The summed E-state index contributed by atoms with van der Waals surface area (Å²) in [5, 5.41) is 4.62. The first-order valence-corrected chi connectivity index (χ1v) is 13.2. The van der Waals surface area contributed by atoms with Crippen molar-refractivity contribution >= 4 is 51.0 Å². The fourth-order valence-electron chi connectivity index (χ4n) is 3.38. The predicted octanol–water partition coefficient (Wildman–Crippen LogP) is 3.46. The monoisotopic (exact) mass is 571 g/mol. The van der Waals surface area contributed by atoms with Gasteiger partial charge < -0.3 is 19.5 Å². The minimum absolute atomic E-state index is 0.0117. The van der Waals surface area contributed by atoms with Crippen molar-refractivity contribution in [1.29, 1.82) is 0 Å². The largest absolute Gasteiger partial charge is 0.476 e. The lowest BCUT2D eigenvalue weighted by atomic mass is 10.2. The molecule has 1 aliphatic rings. The van der Waals surface area contributed by atoms with Gasteiger partial charge in [-0.05, 0) is 57.2 Å². The fourth-order valence-corrected chi connectivity index (χ4v) is 5.12. The van der Waals surface area contributed by atoms with Gasteiger partial charge in [-0.15, -0.1) is 0 Å². The van der Waals surface area contributed by atoms with Crippen molar-refractivity contribution < 1.29 is 41.4 Å². The van der Waals surface area contributed by atoms with Crippen molar-refractivity contribution in [3.63, 3.8) is 0 Å². The van der Waals surface area contributed by atoms with Gasteiger partial charge in [0.1, 0.15) is 17.2 Å². The first-order valence-electron chi connectivity index (χ1n) is 11.3. The van der Waals surface area contributed by atoms with Crippen LogP contribution >= 0.6 is 11.6 Å². The highest BCUT2D eigenvalue weighted by Gasteiger charge is 2.38. The van der Waals surface area contributed by atoms with E-state index in [0.29, 0.717) is 0 Å². The molecule has 38 heavy (non-hydrogen) atoms. The molecule has 206 valence electrons. The maximum atomic E-state index is 13.7. The first-order chi connectivity index (χ1) is 17.7. The Bertz CT molecular complexity index is 1350. The number of hydrogen-bond acceptors (Lipinski definition) is 8. The predicted molar refractivity (Wildman–Crippen MR) is 136 cm³/mol. The number of benzene rings is 2. The number of carbonyl (C=O) groups is 3. The average molecular weight is 572 g/mol. The molecule has 0 saturated heterocycles. The number of nitrogens with zero attached hydrogens (tertiary/aromatic N) is 1. The molecule has 0 bridgehead atoms. The van der Waals surface area contributed by atoms with Crippen LogP contribution in [0.4, 0.5) is 20.6 Å². The number of ether oxygens (including phenoxy) is 3. The number of methoxy groups -OCH3 is 1. The van der Waals surface area contributed by atoms with Gasteiger partial charge in [-0.25, -0.2) is 17.6 Å². The lowest BCUT2D eigenvalue weighted by molar-refractivity contribution is -0.140. The minimum Gasteiger partial charge on any atom is -0.476 e. The van der Waals surface area contributed by atoms with E-state index in [1.165, 1.54) is 25.3 Å². The van der Waals surface area contributed by atoms with Crippen LogP contribution in [0.15, 0.2) is 41.3 Å². The molecule has 0 spiro atoms. The van der Waals surface area contributed by atoms with E-state index in [4.69, 9.17) is 21.1 Å². The second-order valence-electron chi connectivity index (χ2n) is 9.15. The number of fused-ring (bicyclic) bond motifs is 1. The van der Waals surface area contributed by atoms with Gasteiger partial charge in [-0.1, -0.05) is 11.6 Å². The van der Waals surface area contributed by atoms with Crippen molar-refractivity contribution in [2.24, 2.45) is 0 Å². The molecule has 1 atom stereocenters. The molecule has 11 nitrogen and oxygen atoms in total. The Morgan fingerprint density at radius 3 is 2.53 bits per heavy atom. The van der Waals surface area contributed by atoms with Gasteiger partial charge >= 0.3 is 12.1 Å². The van der Waals surface area contributed by atoms with E-state index in [9.17, 15) is 27.2 Å². The summed E-state index contributed by atoms with van der Waals surface area (Å²) in [6.45, 7) is 4.53. The number of halogens is 2. The Morgan fingerprint density at radius 2 is 1.89 bits per heavy atom. The highest BCUT2D eigenvalue weighted by Crippen LogP contribution is 2.39. The number of nitrogens with one attached hydrogen (secondary N) is 2. The van der Waals surface area contributed by atoms with E-state index >= 15 is 0 Å². The number of rotatable bonds is 7. The molecule has 0 unspecified atom stereocenters. The fraction of sp³-hybridized carbons (Fsp3) is 0.375. The summed E-state index contributed by atoms with van der Waals surface area (Å²) in [6, 6.07) is 7.08. The highest BCUT2D eigenvalue weighted by atomic mass is 35.5. The van der Waals surface area contributed by atoms with E-state index < -0.39 is 57.1 Å². The van der Waals surface area contributed by atoms with Crippen LogP contribution in [-0.2, 0) is 29.1 Å². The van der Waals surface area contributed by atoms with Crippen molar-refractivity contribution in [2.75, 3.05) is 29.8 Å². The van der Waals surface area contributed by atoms with E-state index in [0.717, 1.165) is 22.5 Å². The molecule has 2 aromatic rings. The molecule has 1 aliphatic heterocycles. The zero-order valence-corrected chi connectivity index (χ0v) is 22.6. The number of anilines is 2. The molecule has 14 heteroatoms. The Kier molecular flexibility index (Phi) is 8.72. The zero-order valence-electron chi connectivity index (χ0n) is 21.0. The van der Waals surface area contributed by atoms with E-state index in [1.807, 2.05) is 0 Å². The number of amides is 2. The summed E-state index contributed by atoms with van der Waals surface area (Å²) in [4.78, 5) is 36.0. The highest BCUT2D eigenvalue weighted by molar-refractivity contribution is 7.92. The van der Waals surface area contributed by atoms with Gasteiger partial charge in [0.2, 0.25) is 0 Å². The molecule has 0 aliphatic carbocycles. The third-order valence-corrected chi connectivity index (χ3v) is 7.17. The quantitative estimate of drug-likeness (QED) is 0.481. The topological polar surface area (TPSA) is 140 Å². The van der Waals surface area contributed by atoms with Crippen molar-refractivity contribution in [1.82, 2.24) is 5.32 Å². The third-order valence-electron chi connectivity index (χ3n) is 5.10. The molecule has 0 fully saturated rings. The number of hydrogen-bond donors (Lipinski definition) is 2. The van der Waals surface area contributed by atoms with E-state index in [2.05, 4.69) is 15.4 Å². The molecule has 0 saturated carbocycles. The average Bonchev–Trinajstić information content (AvgIpc) is 2.83. The summed E-state index contributed by atoms with van der Waals surface area (Å²) in [7, 11) is -3.18. The molecule has 2 amide bonds. The first kappa shape index (κ1) is 29.0. The molecular weight excluding hydrogens is 545 g/mol. The van der Waals surface area contributed by atoms with Crippen LogP contribution in [0.5, 0.6) is 5.75 Å². The molecular formula is C24H27ClFN3O8S. The summed E-state index contributed by atoms with van der Waals surface area (Å²) in [5.74, 6) is -1.99. The van der Waals surface area contributed by atoms with E-state index in [-0.39, 0.29) is 35.0 Å². The van der Waals surface area contributed by atoms with Gasteiger partial charge in [0.25, 0.3) is 15.9 Å². The number of esters is 1. The number of sulfonamides is 1. The summed E-state index contributed by atoms with van der Waals surface area (Å²) < 4.78 is 57.4. The van der Waals surface area contributed by atoms with Gasteiger partial charge in [0.15, 0.2) is 6.10 Å². The smallest absolute Gasteiger partial charge is 0.412 e. The second-order valence-corrected chi connectivity index (χ2v) is 11.4. The molecule has 0 aromatic heterocycles. The molecule has 0 radical (unpaired) electrons. The van der Waals surface area contributed by atoms with Gasteiger partial charge in [-0.3, -0.25) is 19.2 Å². The summed E-state index contributed by atoms with van der Waals surface area (Å²) in [5.41, 5.74) is -0.565. The lowest BCUT2D eigenvalue weighted by Crippen LogP contribution is -2.51. The molecule has 2 N–H and O–H groups in total. The van der Waals surface area contributed by atoms with Crippen molar-refractivity contribution in [3.05, 3.63) is 47.2 Å². The second kappa shape index (κ2) is 11.4. The summed E-state index contributed by atoms with van der Waals surface area (Å²) in [6.07, 6.45) is -2.16. The Balaban J connectivity index is 1.96. The molecule has 2 aromatic carbocycles.